The molecule has 106 valence electrons. The van der Waals surface area contributed by atoms with Gasteiger partial charge in [-0.1, -0.05) is 34.1 Å². The highest BCUT2D eigenvalue weighted by Gasteiger charge is 2.03. The molecule has 0 saturated carbocycles. The molecular formula is C17H20BrNO. The van der Waals surface area contributed by atoms with Crippen molar-refractivity contribution in [2.24, 2.45) is 0 Å². The van der Waals surface area contributed by atoms with E-state index in [0.29, 0.717) is 0 Å². The zero-order valence-electron chi connectivity index (χ0n) is 12.1. The van der Waals surface area contributed by atoms with Crippen LogP contribution in [0.2, 0.25) is 0 Å². The number of anilines is 1. The third kappa shape index (κ3) is 4.01. The number of hydrogen-bond acceptors (Lipinski definition) is 2. The number of ether oxygens (including phenoxy) is 1. The Morgan fingerprint density at radius 3 is 2.65 bits per heavy atom. The molecule has 2 aromatic rings. The third-order valence-corrected chi connectivity index (χ3v) is 3.88. The highest BCUT2D eigenvalue weighted by Crippen LogP contribution is 2.24. The first-order chi connectivity index (χ1) is 9.56. The van der Waals surface area contributed by atoms with Gasteiger partial charge in [-0.25, -0.2) is 0 Å². The van der Waals surface area contributed by atoms with Gasteiger partial charge in [0.2, 0.25) is 0 Å². The summed E-state index contributed by atoms with van der Waals surface area (Å²) in [6.45, 7) is 6.96. The van der Waals surface area contributed by atoms with Gasteiger partial charge in [0.25, 0.3) is 0 Å². The molecule has 0 radical (unpaired) electrons. The zero-order chi connectivity index (χ0) is 14.5. The fourth-order valence-electron chi connectivity index (χ4n) is 2.00. The maximum atomic E-state index is 5.71. The maximum absolute atomic E-state index is 5.71. The van der Waals surface area contributed by atoms with Crippen molar-refractivity contribution in [3.8, 4) is 5.75 Å². The minimum absolute atomic E-state index is 0.200. The van der Waals surface area contributed by atoms with Crippen LogP contribution in [0.1, 0.15) is 25.0 Å². The van der Waals surface area contributed by atoms with Crippen LogP contribution in [-0.4, -0.2) is 6.10 Å². The van der Waals surface area contributed by atoms with Gasteiger partial charge in [-0.3, -0.25) is 0 Å². The Hall–Kier alpha value is -1.48. The third-order valence-electron chi connectivity index (χ3n) is 3.02. The molecule has 0 amide bonds. The maximum Gasteiger partial charge on any atom is 0.120 e. The smallest absolute Gasteiger partial charge is 0.120 e. The molecule has 1 N–H and O–H groups in total. The number of hydrogen-bond donors (Lipinski definition) is 1. The molecule has 0 aromatic heterocycles. The fourth-order valence-corrected chi connectivity index (χ4v) is 2.36. The first-order valence-corrected chi connectivity index (χ1v) is 7.60. The van der Waals surface area contributed by atoms with Crippen molar-refractivity contribution in [2.75, 3.05) is 5.32 Å². The van der Waals surface area contributed by atoms with Crippen molar-refractivity contribution in [3.63, 3.8) is 0 Å². The highest BCUT2D eigenvalue weighted by molar-refractivity contribution is 9.10. The van der Waals surface area contributed by atoms with Gasteiger partial charge >= 0.3 is 0 Å². The summed E-state index contributed by atoms with van der Waals surface area (Å²) in [7, 11) is 0. The van der Waals surface area contributed by atoms with Gasteiger partial charge in [-0.15, -0.1) is 0 Å². The summed E-state index contributed by atoms with van der Waals surface area (Å²) in [5.74, 6) is 0.922. The predicted molar refractivity (Wildman–Crippen MR) is 88.4 cm³/mol. The van der Waals surface area contributed by atoms with E-state index in [-0.39, 0.29) is 6.10 Å². The molecule has 20 heavy (non-hydrogen) atoms. The molecule has 2 nitrogen and oxygen atoms in total. The molecule has 2 aromatic carbocycles. The lowest BCUT2D eigenvalue weighted by molar-refractivity contribution is 0.242. The van der Waals surface area contributed by atoms with Gasteiger partial charge in [0, 0.05) is 16.7 Å². The van der Waals surface area contributed by atoms with Crippen molar-refractivity contribution >= 4 is 21.6 Å². The Morgan fingerprint density at radius 1 is 1.15 bits per heavy atom. The van der Waals surface area contributed by atoms with E-state index in [1.807, 2.05) is 32.0 Å². The largest absolute Gasteiger partial charge is 0.491 e. The quantitative estimate of drug-likeness (QED) is 0.816. The molecular weight excluding hydrogens is 314 g/mol. The van der Waals surface area contributed by atoms with Crippen LogP contribution in [0.5, 0.6) is 5.75 Å². The monoisotopic (exact) mass is 333 g/mol. The number of halogens is 1. The Balaban J connectivity index is 2.05. The molecule has 0 atom stereocenters. The zero-order valence-corrected chi connectivity index (χ0v) is 13.7. The molecule has 3 heteroatoms. The minimum atomic E-state index is 0.200. The lowest BCUT2D eigenvalue weighted by Crippen LogP contribution is -2.06. The molecule has 0 spiro atoms. The van der Waals surface area contributed by atoms with Gasteiger partial charge < -0.3 is 10.1 Å². The van der Waals surface area contributed by atoms with Gasteiger partial charge in [0.05, 0.1) is 6.10 Å². The molecule has 0 aliphatic heterocycles. The van der Waals surface area contributed by atoms with Crippen LogP contribution < -0.4 is 10.1 Å². The Bertz CT molecular complexity index is 581. The first-order valence-electron chi connectivity index (χ1n) is 6.81. The van der Waals surface area contributed by atoms with E-state index in [1.54, 1.807) is 0 Å². The highest BCUT2D eigenvalue weighted by atomic mass is 79.9. The molecule has 0 unspecified atom stereocenters. The summed E-state index contributed by atoms with van der Waals surface area (Å²) < 4.78 is 6.84. The molecule has 0 heterocycles. The number of nitrogens with one attached hydrogen (secondary N) is 1. The average molecular weight is 334 g/mol. The van der Waals surface area contributed by atoms with Crippen molar-refractivity contribution in [1.29, 1.82) is 0 Å². The van der Waals surface area contributed by atoms with E-state index in [2.05, 4.69) is 52.4 Å². The Morgan fingerprint density at radius 2 is 1.90 bits per heavy atom. The normalized spacial score (nSPS) is 10.7. The van der Waals surface area contributed by atoms with Gasteiger partial charge in [-0.05, 0) is 56.2 Å². The van der Waals surface area contributed by atoms with Gasteiger partial charge in [0.15, 0.2) is 0 Å². The standard InChI is InChI=1S/C17H20BrNO/c1-12(2)20-15-7-4-6-14(10-15)11-19-17-9-5-8-16(18)13(17)3/h4-10,12,19H,11H2,1-3H3. The van der Waals surface area contributed by atoms with Crippen molar-refractivity contribution in [1.82, 2.24) is 0 Å². The van der Waals surface area contributed by atoms with Gasteiger partial charge in [0.1, 0.15) is 5.75 Å². The predicted octanol–water partition coefficient (Wildman–Crippen LogP) is 5.16. The van der Waals surface area contributed by atoms with Crippen LogP contribution in [0, 0.1) is 6.92 Å². The van der Waals surface area contributed by atoms with E-state index < -0.39 is 0 Å². The lowest BCUT2D eigenvalue weighted by Gasteiger charge is -2.13. The molecule has 0 aliphatic rings. The van der Waals surface area contributed by atoms with E-state index in [4.69, 9.17) is 4.74 Å². The van der Waals surface area contributed by atoms with E-state index >= 15 is 0 Å². The summed E-state index contributed by atoms with van der Waals surface area (Å²) in [6.07, 6.45) is 0.200. The van der Waals surface area contributed by atoms with Crippen LogP contribution in [0.25, 0.3) is 0 Å². The Kier molecular flexibility index (Phi) is 5.07. The van der Waals surface area contributed by atoms with E-state index in [9.17, 15) is 0 Å². The Labute approximate surface area is 129 Å². The van der Waals surface area contributed by atoms with Crippen LogP contribution in [0.3, 0.4) is 0 Å². The van der Waals surface area contributed by atoms with Crippen LogP contribution in [-0.2, 0) is 6.54 Å². The van der Waals surface area contributed by atoms with Crippen LogP contribution in [0.4, 0.5) is 5.69 Å². The number of rotatable bonds is 5. The van der Waals surface area contributed by atoms with Crippen molar-refractivity contribution < 1.29 is 4.74 Å². The fraction of sp³-hybridized carbons (Fsp3) is 0.294. The van der Waals surface area contributed by atoms with E-state index in [1.165, 1.54) is 11.1 Å². The molecule has 0 fully saturated rings. The second-order valence-corrected chi connectivity index (χ2v) is 5.93. The first kappa shape index (κ1) is 14.9. The SMILES string of the molecule is Cc1c(Br)cccc1NCc1cccc(OC(C)C)c1. The summed E-state index contributed by atoms with van der Waals surface area (Å²) in [4.78, 5) is 0. The second kappa shape index (κ2) is 6.80. The van der Waals surface area contributed by atoms with Crippen LogP contribution >= 0.6 is 15.9 Å². The molecule has 0 bridgehead atoms. The average Bonchev–Trinajstić information content (AvgIpc) is 2.40. The molecule has 2 rings (SSSR count). The van der Waals surface area contributed by atoms with Crippen molar-refractivity contribution in [2.45, 2.75) is 33.4 Å². The minimum Gasteiger partial charge on any atom is -0.491 e. The van der Waals surface area contributed by atoms with E-state index in [0.717, 1.165) is 22.5 Å². The summed E-state index contributed by atoms with van der Waals surface area (Å²) in [6, 6.07) is 14.4. The number of benzene rings is 2. The summed E-state index contributed by atoms with van der Waals surface area (Å²) in [5.41, 5.74) is 3.58. The second-order valence-electron chi connectivity index (χ2n) is 5.08. The van der Waals surface area contributed by atoms with Gasteiger partial charge in [-0.2, -0.15) is 0 Å². The molecule has 0 aliphatic carbocycles. The van der Waals surface area contributed by atoms with Crippen molar-refractivity contribution in [3.05, 3.63) is 58.1 Å². The summed E-state index contributed by atoms with van der Waals surface area (Å²) >= 11 is 3.55. The molecule has 0 saturated heterocycles. The summed E-state index contributed by atoms with van der Waals surface area (Å²) in [5, 5.41) is 3.47. The topological polar surface area (TPSA) is 21.3 Å². The lowest BCUT2D eigenvalue weighted by atomic mass is 10.1. The van der Waals surface area contributed by atoms with Crippen LogP contribution in [0.15, 0.2) is 46.9 Å².